The molecule has 8 heteroatoms. The molecule has 0 saturated carbocycles. The zero-order valence-electron chi connectivity index (χ0n) is 10.6. The molecule has 5 N–H and O–H groups in total. The molecule has 0 saturated heterocycles. The summed E-state index contributed by atoms with van der Waals surface area (Å²) in [6.07, 6.45) is 0. The van der Waals surface area contributed by atoms with Crippen molar-refractivity contribution in [1.29, 1.82) is 0 Å². The van der Waals surface area contributed by atoms with Gasteiger partial charge in [0.15, 0.2) is 0 Å². The van der Waals surface area contributed by atoms with Gasteiger partial charge in [0.25, 0.3) is 0 Å². The van der Waals surface area contributed by atoms with E-state index in [9.17, 15) is 13.2 Å². The summed E-state index contributed by atoms with van der Waals surface area (Å²) in [4.78, 5) is 11.1. The second-order valence-electron chi connectivity index (χ2n) is 4.75. The van der Waals surface area contributed by atoms with E-state index in [0.717, 1.165) is 0 Å². The fourth-order valence-electron chi connectivity index (χ4n) is 1.18. The van der Waals surface area contributed by atoms with Crippen LogP contribution in [0, 0.1) is 5.41 Å². The van der Waals surface area contributed by atoms with Crippen LogP contribution in [0.25, 0.3) is 0 Å². The van der Waals surface area contributed by atoms with Crippen LogP contribution in [0.1, 0.15) is 13.8 Å². The minimum Gasteiger partial charge on any atom is -0.398 e. The number of carbonyl (C=O) groups excluding carboxylic acids is 1. The number of rotatable bonds is 5. The van der Waals surface area contributed by atoms with Crippen molar-refractivity contribution in [2.45, 2.75) is 18.7 Å². The van der Waals surface area contributed by atoms with E-state index < -0.39 is 21.3 Å². The first-order valence-electron chi connectivity index (χ1n) is 5.41. The molecule has 0 unspecified atom stereocenters. The van der Waals surface area contributed by atoms with Crippen LogP contribution in [0.3, 0.4) is 0 Å². The molecule has 0 aliphatic heterocycles. The van der Waals surface area contributed by atoms with Gasteiger partial charge in [-0.15, -0.1) is 0 Å². The highest BCUT2D eigenvalue weighted by Gasteiger charge is 2.28. The van der Waals surface area contributed by atoms with Crippen molar-refractivity contribution in [3.8, 4) is 0 Å². The van der Waals surface area contributed by atoms with Crippen LogP contribution in [0.5, 0.6) is 0 Å². The van der Waals surface area contributed by atoms with E-state index in [-0.39, 0.29) is 17.1 Å². The van der Waals surface area contributed by atoms with Crippen molar-refractivity contribution in [3.05, 3.63) is 22.7 Å². The first kappa shape index (κ1) is 15.9. The zero-order valence-corrected chi connectivity index (χ0v) is 13.0. The predicted octanol–water partition coefficient (Wildman–Crippen LogP) is 0.821. The van der Waals surface area contributed by atoms with Gasteiger partial charge in [-0.2, -0.15) is 0 Å². The number of nitrogens with one attached hydrogen (secondary N) is 1. The molecular weight excluding hydrogens is 334 g/mol. The number of sulfonamides is 1. The summed E-state index contributed by atoms with van der Waals surface area (Å²) in [7, 11) is -3.79. The first-order chi connectivity index (χ1) is 8.56. The van der Waals surface area contributed by atoms with Crippen molar-refractivity contribution >= 4 is 37.5 Å². The van der Waals surface area contributed by atoms with E-state index in [2.05, 4.69) is 20.7 Å². The fraction of sp³-hybridized carbons (Fsp3) is 0.364. The highest BCUT2D eigenvalue weighted by molar-refractivity contribution is 9.10. The Kier molecular flexibility index (Phi) is 4.59. The van der Waals surface area contributed by atoms with Crippen LogP contribution in [0.15, 0.2) is 27.6 Å². The maximum Gasteiger partial charge on any atom is 0.242 e. The molecular formula is C11H16BrN3O3S. The molecule has 0 radical (unpaired) electrons. The van der Waals surface area contributed by atoms with Gasteiger partial charge in [0.2, 0.25) is 15.9 Å². The lowest BCUT2D eigenvalue weighted by Crippen LogP contribution is -2.42. The van der Waals surface area contributed by atoms with Crippen molar-refractivity contribution in [3.63, 3.8) is 0 Å². The van der Waals surface area contributed by atoms with Crippen LogP contribution in [-0.4, -0.2) is 20.9 Å². The first-order valence-corrected chi connectivity index (χ1v) is 7.68. The predicted molar refractivity (Wildman–Crippen MR) is 76.7 cm³/mol. The number of nitrogen functional groups attached to an aromatic ring is 1. The van der Waals surface area contributed by atoms with Gasteiger partial charge in [0, 0.05) is 11.0 Å². The van der Waals surface area contributed by atoms with Crippen LogP contribution in [0.2, 0.25) is 0 Å². The lowest BCUT2D eigenvalue weighted by Gasteiger charge is -2.21. The third-order valence-corrected chi connectivity index (χ3v) is 4.59. The minimum absolute atomic E-state index is 0.0397. The highest BCUT2D eigenvalue weighted by Crippen LogP contribution is 2.23. The molecule has 0 fully saturated rings. The quantitative estimate of drug-likeness (QED) is 0.682. The van der Waals surface area contributed by atoms with Gasteiger partial charge in [-0.1, -0.05) is 15.9 Å². The Labute approximate surface area is 120 Å². The van der Waals surface area contributed by atoms with Gasteiger partial charge in [-0.3, -0.25) is 4.79 Å². The molecule has 1 amide bonds. The van der Waals surface area contributed by atoms with Gasteiger partial charge in [-0.25, -0.2) is 13.1 Å². The molecule has 106 valence electrons. The Morgan fingerprint density at radius 2 is 2.00 bits per heavy atom. The smallest absolute Gasteiger partial charge is 0.242 e. The number of primary amides is 1. The monoisotopic (exact) mass is 349 g/mol. The SMILES string of the molecule is CC(C)(CNS(=O)(=O)c1cc(Br)ccc1N)C(N)=O. The molecule has 0 spiro atoms. The zero-order chi connectivity index (χ0) is 14.8. The molecule has 1 aromatic carbocycles. The van der Waals surface area contributed by atoms with Crippen LogP contribution in [0.4, 0.5) is 5.69 Å². The normalized spacial score (nSPS) is 12.4. The summed E-state index contributed by atoms with van der Waals surface area (Å²) in [5, 5.41) is 0. The number of amides is 1. The second kappa shape index (κ2) is 5.48. The minimum atomic E-state index is -3.79. The summed E-state index contributed by atoms with van der Waals surface area (Å²) in [5.74, 6) is -0.586. The summed E-state index contributed by atoms with van der Waals surface area (Å²) in [6, 6.07) is 4.52. The van der Waals surface area contributed by atoms with Gasteiger partial charge in [0.05, 0.1) is 11.1 Å². The van der Waals surface area contributed by atoms with E-state index in [1.807, 2.05) is 0 Å². The van der Waals surface area contributed by atoms with Crippen molar-refractivity contribution in [2.24, 2.45) is 11.1 Å². The molecule has 0 aliphatic rings. The number of benzene rings is 1. The average Bonchev–Trinajstić information content (AvgIpc) is 2.30. The lowest BCUT2D eigenvalue weighted by molar-refractivity contribution is -0.125. The molecule has 0 aliphatic carbocycles. The van der Waals surface area contributed by atoms with Crippen LogP contribution in [-0.2, 0) is 14.8 Å². The Morgan fingerprint density at radius 1 is 1.42 bits per heavy atom. The Morgan fingerprint density at radius 3 is 2.53 bits per heavy atom. The third-order valence-electron chi connectivity index (χ3n) is 2.64. The van der Waals surface area contributed by atoms with E-state index in [0.29, 0.717) is 4.47 Å². The average molecular weight is 350 g/mol. The number of nitrogens with two attached hydrogens (primary N) is 2. The molecule has 1 rings (SSSR count). The summed E-state index contributed by atoms with van der Waals surface area (Å²) >= 11 is 3.18. The highest BCUT2D eigenvalue weighted by atomic mass is 79.9. The Balaban J connectivity index is 3.00. The topological polar surface area (TPSA) is 115 Å². The lowest BCUT2D eigenvalue weighted by atomic mass is 9.93. The van der Waals surface area contributed by atoms with Crippen LogP contribution >= 0.6 is 15.9 Å². The van der Waals surface area contributed by atoms with E-state index in [1.54, 1.807) is 19.9 Å². The number of halogens is 1. The summed E-state index contributed by atoms with van der Waals surface area (Å²) in [6.45, 7) is 3.01. The van der Waals surface area contributed by atoms with Crippen molar-refractivity contribution in [2.75, 3.05) is 12.3 Å². The molecule has 0 atom stereocenters. The molecule has 0 bridgehead atoms. The number of anilines is 1. The molecule has 0 heterocycles. The standard InChI is InChI=1S/C11H16BrN3O3S/c1-11(2,10(14)16)6-15-19(17,18)9-5-7(12)3-4-8(9)13/h3-5,15H,6,13H2,1-2H3,(H2,14,16). The fourth-order valence-corrected chi connectivity index (χ4v) is 3.06. The third kappa shape index (κ3) is 3.92. The van der Waals surface area contributed by atoms with Crippen molar-refractivity contribution in [1.82, 2.24) is 4.72 Å². The van der Waals surface area contributed by atoms with E-state index in [1.165, 1.54) is 12.1 Å². The van der Waals surface area contributed by atoms with Gasteiger partial charge < -0.3 is 11.5 Å². The maximum atomic E-state index is 12.1. The molecule has 1 aromatic rings. The van der Waals surface area contributed by atoms with Crippen LogP contribution < -0.4 is 16.2 Å². The number of hydrogen-bond donors (Lipinski definition) is 3. The summed E-state index contributed by atoms with van der Waals surface area (Å²) in [5.41, 5.74) is 9.98. The van der Waals surface area contributed by atoms with Gasteiger partial charge in [0.1, 0.15) is 4.90 Å². The van der Waals surface area contributed by atoms with E-state index in [4.69, 9.17) is 11.5 Å². The summed E-state index contributed by atoms with van der Waals surface area (Å²) < 4.78 is 27.2. The largest absolute Gasteiger partial charge is 0.398 e. The van der Waals surface area contributed by atoms with E-state index >= 15 is 0 Å². The van der Waals surface area contributed by atoms with Gasteiger partial charge >= 0.3 is 0 Å². The Hall–Kier alpha value is -1.12. The molecule has 6 nitrogen and oxygen atoms in total. The maximum absolute atomic E-state index is 12.1. The Bertz CT molecular complexity index is 599. The molecule has 0 aromatic heterocycles. The van der Waals surface area contributed by atoms with Crippen molar-refractivity contribution < 1.29 is 13.2 Å². The number of hydrogen-bond acceptors (Lipinski definition) is 4. The number of carbonyl (C=O) groups is 1. The molecule has 19 heavy (non-hydrogen) atoms. The van der Waals surface area contributed by atoms with Gasteiger partial charge in [-0.05, 0) is 32.0 Å². The second-order valence-corrected chi connectivity index (χ2v) is 7.41.